The highest BCUT2D eigenvalue weighted by Gasteiger charge is 2.37. The largest absolute Gasteiger partial charge is 0.493 e. The van der Waals surface area contributed by atoms with Crippen LogP contribution in [-0.2, 0) is 25.2 Å². The topological polar surface area (TPSA) is 131 Å². The number of ketones is 1. The van der Waals surface area contributed by atoms with Gasteiger partial charge in [0, 0.05) is 23.1 Å². The fraction of sp³-hybridized carbons (Fsp3) is 0.450. The van der Waals surface area contributed by atoms with E-state index >= 15 is 0 Å². The Balaban J connectivity index is 1.67. The average Bonchev–Trinajstić information content (AvgIpc) is 3.06. The first kappa shape index (κ1) is 40.1. The molecule has 3 aromatic rings. The van der Waals surface area contributed by atoms with Gasteiger partial charge in [-0.2, -0.15) is 0 Å². The fourth-order valence-electron chi connectivity index (χ4n) is 4.97. The molecule has 0 fully saturated rings. The van der Waals surface area contributed by atoms with Gasteiger partial charge in [-0.15, -0.1) is 0 Å². The number of benzene rings is 3. The normalized spacial score (nSPS) is 12.5. The van der Waals surface area contributed by atoms with Crippen molar-refractivity contribution in [1.29, 1.82) is 0 Å². The van der Waals surface area contributed by atoms with Crippen molar-refractivity contribution in [2.24, 2.45) is 5.41 Å². The number of aromatic carboxylic acids is 1. The number of carboxylic acids is 1. The minimum absolute atomic E-state index is 0.0325. The van der Waals surface area contributed by atoms with Crippen LogP contribution < -0.4 is 20.1 Å². The molecule has 3 N–H and O–H groups in total. The summed E-state index contributed by atoms with van der Waals surface area (Å²) < 4.78 is 12.0. The maximum atomic E-state index is 13.4. The Labute approximate surface area is 301 Å². The lowest BCUT2D eigenvalue weighted by Crippen LogP contribution is -2.45. The lowest BCUT2D eigenvalue weighted by atomic mass is 9.76. The van der Waals surface area contributed by atoms with Crippen LogP contribution in [0.4, 0.5) is 11.4 Å². The van der Waals surface area contributed by atoms with Crippen LogP contribution in [0.3, 0.4) is 0 Å². The third-order valence-corrected chi connectivity index (χ3v) is 9.47. The van der Waals surface area contributed by atoms with Crippen LogP contribution in [0.1, 0.15) is 109 Å². The van der Waals surface area contributed by atoms with E-state index in [0.29, 0.717) is 18.7 Å². The van der Waals surface area contributed by atoms with Crippen molar-refractivity contribution in [2.45, 2.75) is 105 Å². The first-order chi connectivity index (χ1) is 23.3. The van der Waals surface area contributed by atoms with E-state index in [1.54, 1.807) is 26.8 Å². The van der Waals surface area contributed by atoms with Crippen LogP contribution in [0, 0.1) is 5.41 Å². The zero-order valence-corrected chi connectivity index (χ0v) is 31.4. The van der Waals surface area contributed by atoms with Gasteiger partial charge in [-0.3, -0.25) is 14.4 Å². The average molecular weight is 707 g/mol. The number of hydrogen-bond acceptors (Lipinski definition) is 6. The third-order valence-electron chi connectivity index (χ3n) is 9.14. The van der Waals surface area contributed by atoms with Crippen LogP contribution in [0.5, 0.6) is 11.5 Å². The highest BCUT2D eigenvalue weighted by Crippen LogP contribution is 2.38. The molecule has 0 aliphatic rings. The van der Waals surface area contributed by atoms with Gasteiger partial charge < -0.3 is 25.2 Å². The van der Waals surface area contributed by atoms with E-state index in [2.05, 4.69) is 64.3 Å². The van der Waals surface area contributed by atoms with Gasteiger partial charge in [0.1, 0.15) is 11.5 Å². The molecule has 3 aromatic carbocycles. The molecule has 0 aliphatic carbocycles. The quantitative estimate of drug-likeness (QED) is 0.1000. The predicted molar refractivity (Wildman–Crippen MR) is 199 cm³/mol. The number of nitrogens with one attached hydrogen (secondary N) is 2. The van der Waals surface area contributed by atoms with E-state index in [9.17, 15) is 24.3 Å². The van der Waals surface area contributed by atoms with Crippen molar-refractivity contribution >= 4 is 46.5 Å². The predicted octanol–water partition coefficient (Wildman–Crippen LogP) is 9.21. The van der Waals surface area contributed by atoms with E-state index in [1.165, 1.54) is 42.0 Å². The number of hydrogen-bond donors (Lipinski definition) is 3. The Bertz CT molecular complexity index is 1690. The summed E-state index contributed by atoms with van der Waals surface area (Å²) in [5, 5.41) is 14.9. The Hall–Kier alpha value is -4.37. The maximum Gasteiger partial charge on any atom is 0.335 e. The number of amides is 2. The number of Topliss-reactive ketones (excluding diaryl/α,β-unsaturated/α-hetero) is 1. The van der Waals surface area contributed by atoms with Crippen LogP contribution in [0.2, 0.25) is 5.02 Å². The second-order valence-corrected chi connectivity index (χ2v) is 15.2. The summed E-state index contributed by atoms with van der Waals surface area (Å²) in [4.78, 5) is 50.8. The van der Waals surface area contributed by atoms with Gasteiger partial charge in [-0.25, -0.2) is 4.79 Å². The molecule has 0 aromatic heterocycles. The van der Waals surface area contributed by atoms with Crippen LogP contribution >= 0.6 is 11.6 Å². The first-order valence-electron chi connectivity index (χ1n) is 17.0. The van der Waals surface area contributed by atoms with E-state index < -0.39 is 29.2 Å². The van der Waals surface area contributed by atoms with E-state index in [-0.39, 0.29) is 45.2 Å². The summed E-state index contributed by atoms with van der Waals surface area (Å²) in [5.74, 6) is -1.65. The molecule has 0 saturated heterocycles. The van der Waals surface area contributed by atoms with Gasteiger partial charge in [0.05, 0.1) is 22.9 Å². The number of carboxylic acid groups (broad SMARTS) is 1. The SMILES string of the molecule is CCC(C)(C)c1ccc(OCCCC(=O)Nc2ccc(Cl)c(NC(=O)[C@H](Oc3ccc(C(=O)O)cc3)C(=O)C(C)(C)C)c2)c(C(C)(C)CC)c1. The van der Waals surface area contributed by atoms with Gasteiger partial charge in [0.15, 0.2) is 5.78 Å². The van der Waals surface area contributed by atoms with Crippen molar-refractivity contribution in [1.82, 2.24) is 0 Å². The van der Waals surface area contributed by atoms with E-state index in [1.807, 2.05) is 6.07 Å². The minimum atomic E-state index is -1.56. The standard InChI is InChI=1S/C40H51ClN2O7/c1-10-39(6,7)26-16-21-32(29(23-26)40(8,9)11-2)49-22-12-13-33(44)42-27-17-20-30(41)31(24-27)43-36(46)34(35(45)38(3,4)5)50-28-18-14-25(15-19-28)37(47)48/h14-21,23-24,34H,10-13,22H2,1-9H3,(H,42,44)(H,43,46)(H,47,48)/t34-/m1/s1. The van der Waals surface area contributed by atoms with Crippen molar-refractivity contribution in [3.63, 3.8) is 0 Å². The molecule has 0 heterocycles. The van der Waals surface area contributed by atoms with Gasteiger partial charge in [-0.1, -0.05) is 86.0 Å². The first-order valence-corrected chi connectivity index (χ1v) is 17.4. The zero-order valence-electron chi connectivity index (χ0n) is 30.7. The minimum Gasteiger partial charge on any atom is -0.493 e. The van der Waals surface area contributed by atoms with Gasteiger partial charge in [-0.05, 0) is 84.2 Å². The molecule has 1 atom stereocenters. The monoisotopic (exact) mass is 706 g/mol. The summed E-state index contributed by atoms with van der Waals surface area (Å²) >= 11 is 6.39. The highest BCUT2D eigenvalue weighted by atomic mass is 35.5. The Kier molecular flexibility index (Phi) is 13.3. The molecule has 0 saturated carbocycles. The summed E-state index contributed by atoms with van der Waals surface area (Å²) in [5.41, 5.74) is 2.09. The molecular weight excluding hydrogens is 656 g/mol. The van der Waals surface area contributed by atoms with E-state index in [0.717, 1.165) is 24.2 Å². The van der Waals surface area contributed by atoms with Gasteiger partial charge in [0.25, 0.3) is 5.91 Å². The van der Waals surface area contributed by atoms with Crippen molar-refractivity contribution < 1.29 is 33.8 Å². The molecule has 270 valence electrons. The molecule has 0 aliphatic heterocycles. The van der Waals surface area contributed by atoms with Crippen molar-refractivity contribution in [3.05, 3.63) is 82.4 Å². The Morgan fingerprint density at radius 2 is 1.46 bits per heavy atom. The lowest BCUT2D eigenvalue weighted by Gasteiger charge is -2.30. The summed E-state index contributed by atoms with van der Waals surface area (Å²) in [6.45, 7) is 18.6. The fourth-order valence-corrected chi connectivity index (χ4v) is 5.13. The molecule has 3 rings (SSSR count). The molecule has 2 amide bonds. The molecule has 0 bridgehead atoms. The molecule has 10 heteroatoms. The second kappa shape index (κ2) is 16.6. The Morgan fingerprint density at radius 3 is 2.04 bits per heavy atom. The maximum absolute atomic E-state index is 13.4. The number of halogens is 1. The summed E-state index contributed by atoms with van der Waals surface area (Å²) in [6.07, 6.45) is 1.10. The third kappa shape index (κ3) is 10.6. The van der Waals surface area contributed by atoms with Gasteiger partial charge >= 0.3 is 5.97 Å². The second-order valence-electron chi connectivity index (χ2n) is 14.8. The van der Waals surface area contributed by atoms with Gasteiger partial charge in [0.2, 0.25) is 12.0 Å². The van der Waals surface area contributed by atoms with E-state index in [4.69, 9.17) is 21.1 Å². The van der Waals surface area contributed by atoms with Crippen LogP contribution in [0.25, 0.3) is 0 Å². The van der Waals surface area contributed by atoms with Crippen LogP contribution in [-0.4, -0.2) is 41.4 Å². The number of carbonyl (C=O) groups is 4. The number of rotatable bonds is 16. The highest BCUT2D eigenvalue weighted by molar-refractivity contribution is 6.34. The number of carbonyl (C=O) groups excluding carboxylic acids is 3. The molecule has 0 spiro atoms. The smallest absolute Gasteiger partial charge is 0.335 e. The van der Waals surface area contributed by atoms with Crippen molar-refractivity contribution in [2.75, 3.05) is 17.2 Å². The number of anilines is 2. The number of ether oxygens (including phenoxy) is 2. The van der Waals surface area contributed by atoms with Crippen molar-refractivity contribution in [3.8, 4) is 11.5 Å². The molecule has 0 radical (unpaired) electrons. The summed E-state index contributed by atoms with van der Waals surface area (Å²) in [6, 6.07) is 16.5. The summed E-state index contributed by atoms with van der Waals surface area (Å²) in [7, 11) is 0. The van der Waals surface area contributed by atoms with Crippen LogP contribution in [0.15, 0.2) is 60.7 Å². The lowest BCUT2D eigenvalue weighted by molar-refractivity contribution is -0.140. The molecular formula is C40H51ClN2O7. The zero-order chi connectivity index (χ0) is 37.4. The molecule has 9 nitrogen and oxygen atoms in total. The molecule has 50 heavy (non-hydrogen) atoms. The Morgan fingerprint density at radius 1 is 0.820 bits per heavy atom. The molecule has 0 unspecified atom stereocenters.